The van der Waals surface area contributed by atoms with Crippen LogP contribution in [-0.2, 0) is 23.7 Å². The van der Waals surface area contributed by atoms with Gasteiger partial charge in [0.25, 0.3) is 0 Å². The van der Waals surface area contributed by atoms with Crippen LogP contribution in [0.2, 0.25) is 0 Å². The summed E-state index contributed by atoms with van der Waals surface area (Å²) < 4.78 is 20.6. The summed E-state index contributed by atoms with van der Waals surface area (Å²) in [5.74, 6) is -0.858. The van der Waals surface area contributed by atoms with Gasteiger partial charge in [-0.3, -0.25) is 4.79 Å². The minimum Gasteiger partial charge on any atom is -0.481 e. The number of carboxylic acids is 1. The predicted octanol–water partition coefficient (Wildman–Crippen LogP) is 0.713. The summed E-state index contributed by atoms with van der Waals surface area (Å²) in [5, 5.41) is 8.35. The largest absolute Gasteiger partial charge is 0.481 e. The monoisotopic (exact) mass is 262 g/mol. The summed E-state index contributed by atoms with van der Waals surface area (Å²) in [6.45, 7) is 7.20. The fourth-order valence-electron chi connectivity index (χ4n) is 0.986. The highest BCUT2D eigenvalue weighted by Gasteiger charge is 1.96. The Morgan fingerprint density at radius 1 is 0.889 bits per heavy atom. The van der Waals surface area contributed by atoms with Crippen LogP contribution in [0.4, 0.5) is 0 Å². The van der Waals surface area contributed by atoms with E-state index in [-0.39, 0.29) is 13.0 Å². The molecule has 0 saturated heterocycles. The first-order chi connectivity index (χ1) is 8.77. The van der Waals surface area contributed by atoms with Crippen LogP contribution in [0, 0.1) is 0 Å². The maximum atomic E-state index is 10.2. The lowest BCUT2D eigenvalue weighted by Gasteiger charge is -2.06. The van der Waals surface area contributed by atoms with Crippen molar-refractivity contribution in [3.05, 3.63) is 12.7 Å². The molecule has 0 atom stereocenters. The molecule has 0 aliphatic rings. The Kier molecular flexibility index (Phi) is 13.4. The molecule has 0 aromatic heterocycles. The Morgan fingerprint density at radius 2 is 1.33 bits per heavy atom. The summed E-state index contributed by atoms with van der Waals surface area (Å²) in [4.78, 5) is 10.2. The van der Waals surface area contributed by atoms with Crippen molar-refractivity contribution in [3.8, 4) is 0 Å². The first-order valence-electron chi connectivity index (χ1n) is 5.91. The molecule has 106 valence electrons. The third-order valence-corrected chi connectivity index (χ3v) is 1.81. The van der Waals surface area contributed by atoms with Crippen LogP contribution >= 0.6 is 0 Å². The Hall–Kier alpha value is -0.950. The Bertz CT molecular complexity index is 207. The second-order valence-corrected chi connectivity index (χ2v) is 3.34. The number of hydrogen-bond acceptors (Lipinski definition) is 5. The first-order valence-corrected chi connectivity index (χ1v) is 5.91. The van der Waals surface area contributed by atoms with E-state index in [1.807, 2.05) is 0 Å². The molecule has 18 heavy (non-hydrogen) atoms. The predicted molar refractivity (Wildman–Crippen MR) is 65.7 cm³/mol. The van der Waals surface area contributed by atoms with Crippen molar-refractivity contribution in [1.29, 1.82) is 0 Å². The van der Waals surface area contributed by atoms with Crippen molar-refractivity contribution < 1.29 is 28.8 Å². The average molecular weight is 262 g/mol. The van der Waals surface area contributed by atoms with Gasteiger partial charge in [0.1, 0.15) is 0 Å². The Labute approximate surface area is 107 Å². The molecule has 0 aromatic carbocycles. The minimum absolute atomic E-state index is 0.0216. The molecule has 0 spiro atoms. The van der Waals surface area contributed by atoms with Gasteiger partial charge in [0.05, 0.1) is 59.3 Å². The van der Waals surface area contributed by atoms with E-state index < -0.39 is 5.97 Å². The van der Waals surface area contributed by atoms with Gasteiger partial charge in [-0.05, 0) is 0 Å². The van der Waals surface area contributed by atoms with Gasteiger partial charge < -0.3 is 24.1 Å². The zero-order valence-electron chi connectivity index (χ0n) is 10.6. The Balaban J connectivity index is 2.94. The van der Waals surface area contributed by atoms with E-state index >= 15 is 0 Å². The van der Waals surface area contributed by atoms with Crippen molar-refractivity contribution in [1.82, 2.24) is 0 Å². The molecule has 0 bridgehead atoms. The van der Waals surface area contributed by atoms with E-state index in [0.29, 0.717) is 46.2 Å². The topological polar surface area (TPSA) is 74.2 Å². The molecule has 0 aliphatic carbocycles. The van der Waals surface area contributed by atoms with Crippen LogP contribution in [-0.4, -0.2) is 63.9 Å². The number of hydrogen-bond donors (Lipinski definition) is 1. The molecule has 0 saturated carbocycles. The van der Waals surface area contributed by atoms with E-state index in [1.54, 1.807) is 6.08 Å². The van der Waals surface area contributed by atoms with E-state index in [1.165, 1.54) is 0 Å². The molecule has 0 radical (unpaired) electrons. The zero-order valence-corrected chi connectivity index (χ0v) is 10.6. The lowest BCUT2D eigenvalue weighted by molar-refractivity contribution is -0.138. The summed E-state index contributed by atoms with van der Waals surface area (Å²) in [6, 6.07) is 0. The van der Waals surface area contributed by atoms with E-state index in [0.717, 1.165) is 0 Å². The fraction of sp³-hybridized carbons (Fsp3) is 0.750. The van der Waals surface area contributed by atoms with Crippen LogP contribution in [0.1, 0.15) is 6.42 Å². The molecular formula is C12H22O6. The second kappa shape index (κ2) is 14.1. The molecular weight excluding hydrogens is 240 g/mol. The normalized spacial score (nSPS) is 10.4. The van der Waals surface area contributed by atoms with Gasteiger partial charge in [-0.2, -0.15) is 0 Å². The third-order valence-electron chi connectivity index (χ3n) is 1.81. The average Bonchev–Trinajstić information content (AvgIpc) is 2.34. The van der Waals surface area contributed by atoms with Crippen LogP contribution < -0.4 is 0 Å². The van der Waals surface area contributed by atoms with Crippen LogP contribution in [0.5, 0.6) is 0 Å². The Morgan fingerprint density at radius 3 is 1.78 bits per heavy atom. The number of ether oxygens (including phenoxy) is 4. The summed E-state index contributed by atoms with van der Waals surface area (Å²) in [5.41, 5.74) is 0. The molecule has 0 aliphatic heterocycles. The third kappa shape index (κ3) is 15.0. The number of aliphatic carboxylic acids is 1. The van der Waals surface area contributed by atoms with Gasteiger partial charge in [-0.25, -0.2) is 0 Å². The van der Waals surface area contributed by atoms with Crippen LogP contribution in [0.3, 0.4) is 0 Å². The first kappa shape index (κ1) is 17.1. The van der Waals surface area contributed by atoms with Crippen LogP contribution in [0.15, 0.2) is 12.7 Å². The molecule has 0 fully saturated rings. The number of rotatable bonds is 14. The maximum Gasteiger partial charge on any atom is 0.305 e. The lowest BCUT2D eigenvalue weighted by Crippen LogP contribution is -2.12. The van der Waals surface area contributed by atoms with Gasteiger partial charge >= 0.3 is 5.97 Å². The van der Waals surface area contributed by atoms with Gasteiger partial charge in [-0.1, -0.05) is 6.08 Å². The maximum absolute atomic E-state index is 10.2. The van der Waals surface area contributed by atoms with E-state index in [9.17, 15) is 4.79 Å². The van der Waals surface area contributed by atoms with Crippen molar-refractivity contribution >= 4 is 5.97 Å². The summed E-state index contributed by atoms with van der Waals surface area (Å²) in [7, 11) is 0. The zero-order chi connectivity index (χ0) is 13.5. The highest BCUT2D eigenvalue weighted by Crippen LogP contribution is 1.85. The molecule has 0 amide bonds. The molecule has 1 N–H and O–H groups in total. The van der Waals surface area contributed by atoms with Gasteiger partial charge in [-0.15, -0.1) is 6.58 Å². The fourth-order valence-corrected chi connectivity index (χ4v) is 0.986. The molecule has 0 unspecified atom stereocenters. The molecule has 0 heterocycles. The highest BCUT2D eigenvalue weighted by molar-refractivity contribution is 5.66. The van der Waals surface area contributed by atoms with Crippen molar-refractivity contribution in [2.24, 2.45) is 0 Å². The quantitative estimate of drug-likeness (QED) is 0.367. The van der Waals surface area contributed by atoms with Crippen molar-refractivity contribution in [2.45, 2.75) is 6.42 Å². The second-order valence-electron chi connectivity index (χ2n) is 3.34. The van der Waals surface area contributed by atoms with Crippen molar-refractivity contribution in [2.75, 3.05) is 52.9 Å². The summed E-state index contributed by atoms with van der Waals surface area (Å²) >= 11 is 0. The van der Waals surface area contributed by atoms with Crippen LogP contribution in [0.25, 0.3) is 0 Å². The van der Waals surface area contributed by atoms with E-state index in [4.69, 9.17) is 24.1 Å². The molecule has 0 aromatic rings. The van der Waals surface area contributed by atoms with Gasteiger partial charge in [0.2, 0.25) is 0 Å². The van der Waals surface area contributed by atoms with Crippen molar-refractivity contribution in [3.63, 3.8) is 0 Å². The van der Waals surface area contributed by atoms with Gasteiger partial charge in [0, 0.05) is 0 Å². The molecule has 0 rings (SSSR count). The number of carbonyl (C=O) groups is 1. The highest BCUT2D eigenvalue weighted by atomic mass is 16.6. The standard InChI is InChI=1S/C12H22O6/c1-2-4-15-6-8-17-10-11-18-9-7-16-5-3-12(13)14/h2H,1,3-11H2,(H,13,14). The summed E-state index contributed by atoms with van der Waals surface area (Å²) in [6.07, 6.45) is 1.71. The SMILES string of the molecule is C=CCOCCOCCOCCOCCC(=O)O. The smallest absolute Gasteiger partial charge is 0.305 e. The minimum atomic E-state index is -0.858. The lowest BCUT2D eigenvalue weighted by atomic mass is 10.5. The molecule has 6 nitrogen and oxygen atoms in total. The van der Waals surface area contributed by atoms with Gasteiger partial charge in [0.15, 0.2) is 0 Å². The van der Waals surface area contributed by atoms with E-state index in [2.05, 4.69) is 6.58 Å². The molecule has 6 heteroatoms. The number of carboxylic acid groups (broad SMARTS) is 1.